The van der Waals surface area contributed by atoms with Gasteiger partial charge in [0.2, 0.25) is 0 Å². The van der Waals surface area contributed by atoms with Crippen LogP contribution in [-0.4, -0.2) is 13.9 Å². The van der Waals surface area contributed by atoms with Crippen molar-refractivity contribution in [1.82, 2.24) is 0 Å². The standard InChI is InChI=1S/C14H22OSi/c1-14(10-7-11-16(2,3)15-14)12-13-8-5-4-6-9-13/h4-6,8-9H,7,10-12H2,1-3H3. The minimum absolute atomic E-state index is 0.0787. The molecule has 1 aromatic rings. The van der Waals surface area contributed by atoms with E-state index in [1.165, 1.54) is 24.4 Å². The highest BCUT2D eigenvalue weighted by Gasteiger charge is 2.38. The summed E-state index contributed by atoms with van der Waals surface area (Å²) in [6.07, 6.45) is 3.60. The molecule has 1 saturated heterocycles. The molecule has 1 heterocycles. The van der Waals surface area contributed by atoms with E-state index in [2.05, 4.69) is 50.3 Å². The molecule has 2 rings (SSSR count). The van der Waals surface area contributed by atoms with Gasteiger partial charge in [-0.25, -0.2) is 0 Å². The zero-order valence-electron chi connectivity index (χ0n) is 10.6. The van der Waals surface area contributed by atoms with Crippen LogP contribution >= 0.6 is 0 Å². The van der Waals surface area contributed by atoms with Crippen molar-refractivity contribution in [3.05, 3.63) is 35.9 Å². The van der Waals surface area contributed by atoms with E-state index >= 15 is 0 Å². The lowest BCUT2D eigenvalue weighted by Crippen LogP contribution is -2.47. The highest BCUT2D eigenvalue weighted by Crippen LogP contribution is 2.35. The summed E-state index contributed by atoms with van der Waals surface area (Å²) in [4.78, 5) is 0. The maximum absolute atomic E-state index is 6.40. The first-order chi connectivity index (χ1) is 7.49. The molecule has 0 aromatic heterocycles. The molecule has 0 saturated carbocycles. The van der Waals surface area contributed by atoms with E-state index in [1.807, 2.05) is 0 Å². The molecule has 1 aromatic carbocycles. The van der Waals surface area contributed by atoms with Crippen molar-refractivity contribution in [2.75, 3.05) is 0 Å². The van der Waals surface area contributed by atoms with Gasteiger partial charge in [0, 0.05) is 0 Å². The number of rotatable bonds is 2. The summed E-state index contributed by atoms with van der Waals surface area (Å²) < 4.78 is 6.40. The van der Waals surface area contributed by atoms with Crippen molar-refractivity contribution in [2.45, 2.75) is 50.9 Å². The van der Waals surface area contributed by atoms with Crippen LogP contribution in [-0.2, 0) is 10.8 Å². The molecule has 2 heteroatoms. The van der Waals surface area contributed by atoms with Crippen molar-refractivity contribution in [3.8, 4) is 0 Å². The zero-order chi connectivity index (χ0) is 11.6. The monoisotopic (exact) mass is 234 g/mol. The first-order valence-electron chi connectivity index (χ1n) is 6.23. The molecule has 0 spiro atoms. The molecular formula is C14H22OSi. The minimum atomic E-state index is -1.38. The highest BCUT2D eigenvalue weighted by molar-refractivity contribution is 6.71. The second kappa shape index (κ2) is 4.34. The van der Waals surface area contributed by atoms with Gasteiger partial charge in [-0.3, -0.25) is 0 Å². The van der Waals surface area contributed by atoms with Crippen molar-refractivity contribution in [3.63, 3.8) is 0 Å². The Labute approximate surface area is 100.0 Å². The van der Waals surface area contributed by atoms with Crippen LogP contribution in [0.15, 0.2) is 30.3 Å². The first kappa shape index (κ1) is 11.9. The minimum Gasteiger partial charge on any atom is -0.412 e. The van der Waals surface area contributed by atoms with Crippen molar-refractivity contribution >= 4 is 8.32 Å². The second-order valence-corrected chi connectivity index (χ2v) is 10.1. The lowest BCUT2D eigenvalue weighted by molar-refractivity contribution is 0.0534. The molecule has 88 valence electrons. The third kappa shape index (κ3) is 2.95. The van der Waals surface area contributed by atoms with Crippen molar-refractivity contribution in [1.29, 1.82) is 0 Å². The average Bonchev–Trinajstić information content (AvgIpc) is 2.16. The van der Waals surface area contributed by atoms with Crippen molar-refractivity contribution in [2.24, 2.45) is 0 Å². The Morgan fingerprint density at radius 1 is 1.25 bits per heavy atom. The molecule has 1 nitrogen and oxygen atoms in total. The molecule has 16 heavy (non-hydrogen) atoms. The Kier molecular flexibility index (Phi) is 3.22. The van der Waals surface area contributed by atoms with Crippen LogP contribution in [0.1, 0.15) is 25.3 Å². The highest BCUT2D eigenvalue weighted by atomic mass is 28.4. The van der Waals surface area contributed by atoms with Gasteiger partial charge in [0.25, 0.3) is 0 Å². The third-order valence-corrected chi connectivity index (χ3v) is 6.03. The van der Waals surface area contributed by atoms with E-state index in [1.54, 1.807) is 0 Å². The predicted octanol–water partition coefficient (Wildman–Crippen LogP) is 4.00. The molecule has 1 atom stereocenters. The summed E-state index contributed by atoms with van der Waals surface area (Å²) in [6.45, 7) is 6.97. The summed E-state index contributed by atoms with van der Waals surface area (Å²) in [5, 5.41) is 0. The molecular weight excluding hydrogens is 212 g/mol. The lowest BCUT2D eigenvalue weighted by atomic mass is 9.92. The quantitative estimate of drug-likeness (QED) is 0.703. The van der Waals surface area contributed by atoms with Gasteiger partial charge in [0.1, 0.15) is 0 Å². The molecule has 0 radical (unpaired) electrons. The van der Waals surface area contributed by atoms with E-state index in [-0.39, 0.29) is 5.60 Å². The van der Waals surface area contributed by atoms with Gasteiger partial charge in [-0.15, -0.1) is 0 Å². The van der Waals surface area contributed by atoms with Crippen LogP contribution in [0.5, 0.6) is 0 Å². The summed E-state index contributed by atoms with van der Waals surface area (Å²) in [6, 6.07) is 12.0. The molecule has 1 aliphatic heterocycles. The van der Waals surface area contributed by atoms with Gasteiger partial charge in [-0.05, 0) is 44.5 Å². The first-order valence-corrected chi connectivity index (χ1v) is 9.35. The molecule has 1 aliphatic rings. The largest absolute Gasteiger partial charge is 0.412 e. The van der Waals surface area contributed by atoms with Gasteiger partial charge < -0.3 is 4.43 Å². The SMILES string of the molecule is CC1(Cc2ccccc2)CCC[Si](C)(C)O1. The normalized spacial score (nSPS) is 28.9. The summed E-state index contributed by atoms with van der Waals surface area (Å²) in [7, 11) is -1.38. The Bertz CT molecular complexity index is 347. The van der Waals surface area contributed by atoms with E-state index in [0.29, 0.717) is 0 Å². The molecule has 0 bridgehead atoms. The Morgan fingerprint density at radius 2 is 1.94 bits per heavy atom. The molecule has 1 unspecified atom stereocenters. The molecule has 0 N–H and O–H groups in total. The van der Waals surface area contributed by atoms with E-state index in [0.717, 1.165) is 6.42 Å². The van der Waals surface area contributed by atoms with Crippen LogP contribution in [0.25, 0.3) is 0 Å². The van der Waals surface area contributed by atoms with Gasteiger partial charge in [-0.2, -0.15) is 0 Å². The lowest BCUT2D eigenvalue weighted by Gasteiger charge is -2.42. The maximum Gasteiger partial charge on any atom is 0.187 e. The van der Waals surface area contributed by atoms with Crippen LogP contribution in [0.2, 0.25) is 19.1 Å². The zero-order valence-corrected chi connectivity index (χ0v) is 11.6. The average molecular weight is 234 g/mol. The number of benzene rings is 1. The Hall–Kier alpha value is -0.603. The smallest absolute Gasteiger partial charge is 0.187 e. The van der Waals surface area contributed by atoms with E-state index in [9.17, 15) is 0 Å². The van der Waals surface area contributed by atoms with Crippen molar-refractivity contribution < 1.29 is 4.43 Å². The Balaban J connectivity index is 2.08. The van der Waals surface area contributed by atoms with E-state index < -0.39 is 8.32 Å². The van der Waals surface area contributed by atoms with Gasteiger partial charge in [-0.1, -0.05) is 36.8 Å². The van der Waals surface area contributed by atoms with Gasteiger partial charge >= 0.3 is 0 Å². The molecule has 1 fully saturated rings. The number of hydrogen-bond donors (Lipinski definition) is 0. The maximum atomic E-state index is 6.40. The predicted molar refractivity (Wildman–Crippen MR) is 71.2 cm³/mol. The van der Waals surface area contributed by atoms with E-state index in [4.69, 9.17) is 4.43 Å². The van der Waals surface area contributed by atoms with Crippen LogP contribution in [0, 0.1) is 0 Å². The summed E-state index contributed by atoms with van der Waals surface area (Å²) >= 11 is 0. The van der Waals surface area contributed by atoms with Gasteiger partial charge in [0.05, 0.1) is 5.60 Å². The topological polar surface area (TPSA) is 9.23 Å². The second-order valence-electron chi connectivity index (χ2n) is 5.83. The summed E-state index contributed by atoms with van der Waals surface area (Å²) in [5.74, 6) is 0. The van der Waals surface area contributed by atoms with Crippen LogP contribution in [0.3, 0.4) is 0 Å². The fraction of sp³-hybridized carbons (Fsp3) is 0.571. The third-order valence-electron chi connectivity index (χ3n) is 3.43. The summed E-state index contributed by atoms with van der Waals surface area (Å²) in [5.41, 5.74) is 1.48. The molecule has 0 amide bonds. The molecule has 0 aliphatic carbocycles. The van der Waals surface area contributed by atoms with Crippen LogP contribution < -0.4 is 0 Å². The van der Waals surface area contributed by atoms with Crippen LogP contribution in [0.4, 0.5) is 0 Å². The fourth-order valence-electron chi connectivity index (χ4n) is 2.81. The fourth-order valence-corrected chi connectivity index (χ4v) is 5.45. The number of hydrogen-bond acceptors (Lipinski definition) is 1. The Morgan fingerprint density at radius 3 is 2.56 bits per heavy atom. The van der Waals surface area contributed by atoms with Gasteiger partial charge in [0.15, 0.2) is 8.32 Å².